The highest BCUT2D eigenvalue weighted by atomic mass is 16.5. The number of fused-ring (bicyclic) bond motifs is 1. The van der Waals surface area contributed by atoms with E-state index in [4.69, 9.17) is 4.74 Å². The van der Waals surface area contributed by atoms with Crippen LogP contribution in [-0.2, 0) is 0 Å². The summed E-state index contributed by atoms with van der Waals surface area (Å²) >= 11 is 0. The molecule has 0 heterocycles. The molecule has 3 rings (SSSR count). The summed E-state index contributed by atoms with van der Waals surface area (Å²) in [4.78, 5) is 12.9. The van der Waals surface area contributed by atoms with Crippen LogP contribution in [-0.4, -0.2) is 13.0 Å². The molecular weight excluding hydrogens is 310 g/mol. The van der Waals surface area contributed by atoms with Crippen molar-refractivity contribution in [1.29, 1.82) is 0 Å². The predicted octanol–water partition coefficient (Wildman–Crippen LogP) is 5.53. The van der Waals surface area contributed by atoms with Crippen LogP contribution < -0.4 is 10.1 Å². The number of ether oxygens (including phenoxy) is 1. The van der Waals surface area contributed by atoms with Crippen LogP contribution in [0.4, 0.5) is 5.69 Å². The van der Waals surface area contributed by atoms with E-state index in [0.29, 0.717) is 5.56 Å². The van der Waals surface area contributed by atoms with Crippen LogP contribution in [0.3, 0.4) is 0 Å². The van der Waals surface area contributed by atoms with E-state index >= 15 is 0 Å². The topological polar surface area (TPSA) is 38.3 Å². The molecule has 0 atom stereocenters. The molecule has 128 valence electrons. The van der Waals surface area contributed by atoms with Gasteiger partial charge in [0.2, 0.25) is 0 Å². The van der Waals surface area contributed by atoms with Crippen LogP contribution in [0.1, 0.15) is 41.3 Å². The smallest absolute Gasteiger partial charge is 0.255 e. The monoisotopic (exact) mass is 333 g/mol. The van der Waals surface area contributed by atoms with Gasteiger partial charge in [0.05, 0.1) is 7.11 Å². The van der Waals surface area contributed by atoms with Gasteiger partial charge in [0.25, 0.3) is 5.91 Å². The summed E-state index contributed by atoms with van der Waals surface area (Å²) in [7, 11) is 1.66. The van der Waals surface area contributed by atoms with Crippen LogP contribution in [0, 0.1) is 6.92 Å². The van der Waals surface area contributed by atoms with E-state index in [1.54, 1.807) is 7.11 Å². The lowest BCUT2D eigenvalue weighted by Crippen LogP contribution is -2.14. The molecule has 0 radical (unpaired) electrons. The third-order valence-electron chi connectivity index (χ3n) is 4.48. The van der Waals surface area contributed by atoms with Gasteiger partial charge >= 0.3 is 0 Å². The summed E-state index contributed by atoms with van der Waals surface area (Å²) in [5.74, 6) is 1.01. The average Bonchev–Trinajstić information content (AvgIpc) is 2.61. The number of carbonyl (C=O) groups is 1. The summed E-state index contributed by atoms with van der Waals surface area (Å²) in [6, 6.07) is 17.9. The summed E-state index contributed by atoms with van der Waals surface area (Å²) in [5.41, 5.74) is 3.44. The van der Waals surface area contributed by atoms with E-state index in [1.165, 1.54) is 0 Å². The number of aryl methyl sites for hydroxylation is 1. The largest absolute Gasteiger partial charge is 0.496 e. The lowest BCUT2D eigenvalue weighted by atomic mass is 9.96. The Kier molecular flexibility index (Phi) is 4.75. The first-order chi connectivity index (χ1) is 12.0. The predicted molar refractivity (Wildman–Crippen MR) is 104 cm³/mol. The zero-order chi connectivity index (χ0) is 18.0. The molecule has 0 aliphatic heterocycles. The minimum absolute atomic E-state index is 0.0987. The summed E-state index contributed by atoms with van der Waals surface area (Å²) < 4.78 is 5.47. The Bertz CT molecular complexity index is 923. The molecule has 0 unspecified atom stereocenters. The zero-order valence-electron chi connectivity index (χ0n) is 15.1. The van der Waals surface area contributed by atoms with Gasteiger partial charge in [-0.15, -0.1) is 0 Å². The minimum atomic E-state index is -0.0987. The molecule has 3 aromatic carbocycles. The normalized spacial score (nSPS) is 10.9. The Morgan fingerprint density at radius 2 is 1.76 bits per heavy atom. The highest BCUT2D eigenvalue weighted by Crippen LogP contribution is 2.30. The van der Waals surface area contributed by atoms with Gasteiger partial charge in [0.15, 0.2) is 0 Å². The Morgan fingerprint density at radius 3 is 2.48 bits per heavy atom. The molecule has 0 fully saturated rings. The van der Waals surface area contributed by atoms with E-state index in [2.05, 4.69) is 19.2 Å². The number of methoxy groups -OCH3 is 1. The quantitative estimate of drug-likeness (QED) is 0.681. The van der Waals surface area contributed by atoms with Crippen LogP contribution in [0.25, 0.3) is 10.8 Å². The fourth-order valence-corrected chi connectivity index (χ4v) is 3.09. The summed E-state index contributed by atoms with van der Waals surface area (Å²) in [5, 5.41) is 5.21. The molecule has 1 amide bonds. The van der Waals surface area contributed by atoms with Crippen molar-refractivity contribution in [3.63, 3.8) is 0 Å². The number of amides is 1. The molecule has 0 saturated heterocycles. The molecule has 3 nitrogen and oxygen atoms in total. The standard InChI is InChI=1S/C22H23NO2/c1-14(2)18-13-19(15(3)12-21(18)25-4)22(24)23-20-11-7-9-16-8-5-6-10-17(16)20/h5-14H,1-4H3,(H,23,24). The van der Waals surface area contributed by atoms with Gasteiger partial charge in [-0.25, -0.2) is 0 Å². The van der Waals surface area contributed by atoms with Crippen molar-refractivity contribution in [1.82, 2.24) is 0 Å². The maximum Gasteiger partial charge on any atom is 0.255 e. The van der Waals surface area contributed by atoms with Crippen molar-refractivity contribution in [2.24, 2.45) is 0 Å². The number of anilines is 1. The third kappa shape index (κ3) is 3.36. The van der Waals surface area contributed by atoms with Crippen LogP contribution in [0.2, 0.25) is 0 Å². The second kappa shape index (κ2) is 6.98. The Labute approximate surface area is 148 Å². The Hall–Kier alpha value is -2.81. The van der Waals surface area contributed by atoms with Crippen molar-refractivity contribution in [2.45, 2.75) is 26.7 Å². The highest BCUT2D eigenvalue weighted by molar-refractivity contribution is 6.10. The van der Waals surface area contributed by atoms with Crippen LogP contribution in [0.15, 0.2) is 54.6 Å². The van der Waals surface area contributed by atoms with Crippen LogP contribution >= 0.6 is 0 Å². The molecule has 0 saturated carbocycles. The van der Waals surface area contributed by atoms with Gasteiger partial charge in [-0.05, 0) is 47.6 Å². The first-order valence-corrected chi connectivity index (χ1v) is 8.49. The van der Waals surface area contributed by atoms with E-state index < -0.39 is 0 Å². The summed E-state index contributed by atoms with van der Waals surface area (Å²) in [6.07, 6.45) is 0. The van der Waals surface area contributed by atoms with E-state index in [1.807, 2.05) is 61.5 Å². The van der Waals surface area contributed by atoms with Gasteiger partial charge in [-0.1, -0.05) is 50.2 Å². The number of rotatable bonds is 4. The van der Waals surface area contributed by atoms with Crippen molar-refractivity contribution in [2.75, 3.05) is 12.4 Å². The molecular formula is C22H23NO2. The second-order valence-corrected chi connectivity index (χ2v) is 6.54. The van der Waals surface area contributed by atoms with Gasteiger partial charge < -0.3 is 10.1 Å². The fourth-order valence-electron chi connectivity index (χ4n) is 3.09. The van der Waals surface area contributed by atoms with E-state index in [-0.39, 0.29) is 11.8 Å². The van der Waals surface area contributed by atoms with E-state index in [0.717, 1.165) is 33.3 Å². The zero-order valence-corrected chi connectivity index (χ0v) is 15.1. The van der Waals surface area contributed by atoms with Crippen molar-refractivity contribution in [3.8, 4) is 5.75 Å². The van der Waals surface area contributed by atoms with E-state index in [9.17, 15) is 4.79 Å². The molecule has 3 aromatic rings. The molecule has 25 heavy (non-hydrogen) atoms. The number of carbonyl (C=O) groups excluding carboxylic acids is 1. The molecule has 0 aliphatic carbocycles. The summed E-state index contributed by atoms with van der Waals surface area (Å²) in [6.45, 7) is 6.13. The SMILES string of the molecule is COc1cc(C)c(C(=O)Nc2cccc3ccccc23)cc1C(C)C. The fraction of sp³-hybridized carbons (Fsp3) is 0.227. The lowest BCUT2D eigenvalue weighted by molar-refractivity contribution is 0.102. The molecule has 1 N–H and O–H groups in total. The van der Waals surface area contributed by atoms with Gasteiger partial charge in [0, 0.05) is 16.6 Å². The van der Waals surface area contributed by atoms with Crippen molar-refractivity contribution < 1.29 is 9.53 Å². The van der Waals surface area contributed by atoms with Crippen molar-refractivity contribution >= 4 is 22.4 Å². The molecule has 3 heteroatoms. The lowest BCUT2D eigenvalue weighted by Gasteiger charge is -2.16. The Balaban J connectivity index is 1.99. The number of benzene rings is 3. The minimum Gasteiger partial charge on any atom is -0.496 e. The van der Waals surface area contributed by atoms with Gasteiger partial charge in [0.1, 0.15) is 5.75 Å². The molecule has 0 aromatic heterocycles. The molecule has 0 bridgehead atoms. The second-order valence-electron chi connectivity index (χ2n) is 6.54. The number of nitrogens with one attached hydrogen (secondary N) is 1. The molecule has 0 aliphatic rings. The average molecular weight is 333 g/mol. The first-order valence-electron chi connectivity index (χ1n) is 8.49. The molecule has 0 spiro atoms. The number of hydrogen-bond donors (Lipinski definition) is 1. The van der Waals surface area contributed by atoms with Gasteiger partial charge in [-0.3, -0.25) is 4.79 Å². The number of hydrogen-bond acceptors (Lipinski definition) is 2. The third-order valence-corrected chi connectivity index (χ3v) is 4.48. The maximum absolute atomic E-state index is 12.9. The van der Waals surface area contributed by atoms with Gasteiger partial charge in [-0.2, -0.15) is 0 Å². The van der Waals surface area contributed by atoms with Crippen molar-refractivity contribution in [3.05, 3.63) is 71.3 Å². The Morgan fingerprint density at radius 1 is 1.04 bits per heavy atom. The highest BCUT2D eigenvalue weighted by Gasteiger charge is 2.16. The van der Waals surface area contributed by atoms with Crippen LogP contribution in [0.5, 0.6) is 5.75 Å². The maximum atomic E-state index is 12.9. The first kappa shape index (κ1) is 17.0.